The molecule has 0 saturated carbocycles. The molecule has 1 N–H and O–H groups in total. The Bertz CT molecular complexity index is 423. The van der Waals surface area contributed by atoms with Gasteiger partial charge in [0.15, 0.2) is 5.75 Å². The van der Waals surface area contributed by atoms with Gasteiger partial charge in [-0.25, -0.2) is 4.79 Å². The number of nitriles is 1. The number of hydrogen-bond acceptors (Lipinski definition) is 3. The summed E-state index contributed by atoms with van der Waals surface area (Å²) in [7, 11) is 1.33. The molecule has 0 aliphatic carbocycles. The number of carbonyl (C=O) groups is 1. The Morgan fingerprint density at radius 1 is 1.64 bits per heavy atom. The molecule has 5 heteroatoms. The molecule has 0 aliphatic heterocycles. The Hall–Kier alpha value is -1.54. The topological polar surface area (TPSA) is 70.3 Å². The van der Waals surface area contributed by atoms with E-state index in [0.29, 0.717) is 4.47 Å². The number of halogens is 1. The predicted octanol–water partition coefficient (Wildman–Crippen LogP) is 2.03. The molecule has 1 aromatic rings. The molecular formula is C9H6BrNO3. The Morgan fingerprint density at radius 2 is 2.29 bits per heavy atom. The van der Waals surface area contributed by atoms with Gasteiger partial charge in [0.1, 0.15) is 11.6 Å². The molecule has 1 aromatic carbocycles. The summed E-state index contributed by atoms with van der Waals surface area (Å²) in [5.41, 5.74) is 0.165. The van der Waals surface area contributed by atoms with E-state index in [1.807, 2.05) is 6.07 Å². The van der Waals surface area contributed by atoms with Crippen molar-refractivity contribution in [1.29, 1.82) is 5.26 Å². The van der Waals surface area contributed by atoms with Gasteiger partial charge in [-0.1, -0.05) is 15.9 Å². The normalized spacial score (nSPS) is 9.21. The quantitative estimate of drug-likeness (QED) is 0.878. The maximum Gasteiger partial charge on any atom is 0.339 e. The van der Waals surface area contributed by atoms with E-state index in [4.69, 9.17) is 15.1 Å². The lowest BCUT2D eigenvalue weighted by molar-refractivity contribution is 0.0693. The van der Waals surface area contributed by atoms with Gasteiger partial charge in [-0.15, -0.1) is 0 Å². The van der Waals surface area contributed by atoms with Crippen molar-refractivity contribution in [2.24, 2.45) is 0 Å². The summed E-state index contributed by atoms with van der Waals surface area (Å²) >= 11 is 3.12. The van der Waals surface area contributed by atoms with Crippen molar-refractivity contribution in [2.75, 3.05) is 7.11 Å². The first-order valence-corrected chi connectivity index (χ1v) is 4.40. The van der Waals surface area contributed by atoms with E-state index in [1.165, 1.54) is 19.2 Å². The van der Waals surface area contributed by atoms with Gasteiger partial charge in [0.2, 0.25) is 0 Å². The minimum absolute atomic E-state index is 0.0292. The smallest absolute Gasteiger partial charge is 0.339 e. The zero-order valence-electron chi connectivity index (χ0n) is 7.24. The molecular weight excluding hydrogens is 250 g/mol. The van der Waals surface area contributed by atoms with E-state index in [9.17, 15) is 4.79 Å². The minimum atomic E-state index is -1.13. The standard InChI is InChI=1S/C9H6BrNO3/c1-14-8-5(4-11)2-6(10)3-7(8)9(12)13/h2-3H,1H3,(H,12,13). The first-order chi connectivity index (χ1) is 6.60. The first-order valence-electron chi connectivity index (χ1n) is 3.61. The van der Waals surface area contributed by atoms with Crippen LogP contribution in [0.5, 0.6) is 5.75 Å². The van der Waals surface area contributed by atoms with Crippen LogP contribution in [0.3, 0.4) is 0 Å². The first kappa shape index (κ1) is 10.5. The van der Waals surface area contributed by atoms with Crippen LogP contribution in [0.1, 0.15) is 15.9 Å². The van der Waals surface area contributed by atoms with Crippen LogP contribution in [-0.2, 0) is 0 Å². The Labute approximate surface area is 88.9 Å². The van der Waals surface area contributed by atoms with Crippen molar-refractivity contribution < 1.29 is 14.6 Å². The second-order valence-electron chi connectivity index (χ2n) is 2.45. The van der Waals surface area contributed by atoms with Gasteiger partial charge < -0.3 is 9.84 Å². The van der Waals surface area contributed by atoms with Crippen LogP contribution in [0, 0.1) is 11.3 Å². The number of methoxy groups -OCH3 is 1. The highest BCUT2D eigenvalue weighted by Crippen LogP contribution is 2.27. The van der Waals surface area contributed by atoms with Crippen LogP contribution in [0.4, 0.5) is 0 Å². The highest BCUT2D eigenvalue weighted by atomic mass is 79.9. The van der Waals surface area contributed by atoms with E-state index in [1.54, 1.807) is 0 Å². The lowest BCUT2D eigenvalue weighted by Gasteiger charge is -2.06. The molecule has 0 saturated heterocycles. The highest BCUT2D eigenvalue weighted by Gasteiger charge is 2.15. The molecule has 0 bridgehead atoms. The molecule has 0 amide bonds. The molecule has 72 valence electrons. The Kier molecular flexibility index (Phi) is 3.10. The van der Waals surface area contributed by atoms with Gasteiger partial charge in [-0.3, -0.25) is 0 Å². The van der Waals surface area contributed by atoms with Crippen LogP contribution < -0.4 is 4.74 Å². The molecule has 0 radical (unpaired) electrons. The van der Waals surface area contributed by atoms with Gasteiger partial charge in [-0.2, -0.15) is 5.26 Å². The molecule has 0 fully saturated rings. The zero-order valence-corrected chi connectivity index (χ0v) is 8.83. The summed E-state index contributed by atoms with van der Waals surface area (Å²) in [4.78, 5) is 10.8. The van der Waals surface area contributed by atoms with E-state index < -0.39 is 5.97 Å². The van der Waals surface area contributed by atoms with Gasteiger partial charge in [0, 0.05) is 4.47 Å². The fourth-order valence-electron chi connectivity index (χ4n) is 1.06. The van der Waals surface area contributed by atoms with E-state index in [0.717, 1.165) is 0 Å². The summed E-state index contributed by atoms with van der Waals surface area (Å²) in [6, 6.07) is 4.76. The van der Waals surface area contributed by atoms with Gasteiger partial charge in [0.05, 0.1) is 12.7 Å². The van der Waals surface area contributed by atoms with Crippen molar-refractivity contribution in [1.82, 2.24) is 0 Å². The third-order valence-electron chi connectivity index (χ3n) is 1.61. The SMILES string of the molecule is COc1c(C#N)cc(Br)cc1C(=O)O. The van der Waals surface area contributed by atoms with Crippen molar-refractivity contribution in [3.63, 3.8) is 0 Å². The molecule has 4 nitrogen and oxygen atoms in total. The third-order valence-corrected chi connectivity index (χ3v) is 2.07. The number of benzene rings is 1. The van der Waals surface area contributed by atoms with Gasteiger partial charge in [0.25, 0.3) is 0 Å². The number of ether oxygens (including phenoxy) is 1. The molecule has 0 unspecified atom stereocenters. The fourth-order valence-corrected chi connectivity index (χ4v) is 1.51. The predicted molar refractivity (Wildman–Crippen MR) is 52.4 cm³/mol. The number of aromatic carboxylic acids is 1. The molecule has 0 aliphatic rings. The highest BCUT2D eigenvalue weighted by molar-refractivity contribution is 9.10. The fraction of sp³-hybridized carbons (Fsp3) is 0.111. The van der Waals surface area contributed by atoms with E-state index in [2.05, 4.69) is 15.9 Å². The van der Waals surface area contributed by atoms with Crippen LogP contribution in [0.2, 0.25) is 0 Å². The Morgan fingerprint density at radius 3 is 2.71 bits per heavy atom. The molecule has 14 heavy (non-hydrogen) atoms. The summed E-state index contributed by atoms with van der Waals surface area (Å²) in [6.07, 6.45) is 0. The maximum atomic E-state index is 10.8. The summed E-state index contributed by atoms with van der Waals surface area (Å²) in [6.45, 7) is 0. The lowest BCUT2D eigenvalue weighted by Crippen LogP contribution is -2.02. The molecule has 0 aromatic heterocycles. The zero-order chi connectivity index (χ0) is 10.7. The molecule has 1 rings (SSSR count). The van der Waals surface area contributed by atoms with Gasteiger partial charge >= 0.3 is 5.97 Å². The number of nitrogens with zero attached hydrogens (tertiary/aromatic N) is 1. The van der Waals surface area contributed by atoms with Crippen molar-refractivity contribution in [3.05, 3.63) is 27.7 Å². The molecule has 0 atom stereocenters. The third kappa shape index (κ3) is 1.86. The monoisotopic (exact) mass is 255 g/mol. The van der Waals surface area contributed by atoms with Crippen molar-refractivity contribution in [3.8, 4) is 11.8 Å². The average molecular weight is 256 g/mol. The summed E-state index contributed by atoms with van der Waals surface area (Å²) < 4.78 is 5.39. The lowest BCUT2D eigenvalue weighted by atomic mass is 10.1. The van der Waals surface area contributed by atoms with Crippen LogP contribution in [-0.4, -0.2) is 18.2 Å². The van der Waals surface area contributed by atoms with Crippen molar-refractivity contribution in [2.45, 2.75) is 0 Å². The second-order valence-corrected chi connectivity index (χ2v) is 3.37. The van der Waals surface area contributed by atoms with Crippen LogP contribution in [0.25, 0.3) is 0 Å². The maximum absolute atomic E-state index is 10.8. The second kappa shape index (κ2) is 4.11. The van der Waals surface area contributed by atoms with Crippen LogP contribution in [0.15, 0.2) is 16.6 Å². The number of hydrogen-bond donors (Lipinski definition) is 1. The van der Waals surface area contributed by atoms with E-state index in [-0.39, 0.29) is 16.9 Å². The minimum Gasteiger partial charge on any atom is -0.494 e. The number of rotatable bonds is 2. The number of carboxylic acid groups (broad SMARTS) is 1. The number of carboxylic acids is 1. The van der Waals surface area contributed by atoms with Crippen molar-refractivity contribution >= 4 is 21.9 Å². The summed E-state index contributed by atoms with van der Waals surface area (Å²) in [5, 5.41) is 17.6. The Balaban J connectivity index is 3.49. The van der Waals surface area contributed by atoms with Crippen LogP contribution >= 0.6 is 15.9 Å². The molecule has 0 heterocycles. The summed E-state index contributed by atoms with van der Waals surface area (Å²) in [5.74, 6) is -1.04. The average Bonchev–Trinajstić information content (AvgIpc) is 2.16. The largest absolute Gasteiger partial charge is 0.494 e. The van der Waals surface area contributed by atoms with E-state index >= 15 is 0 Å². The van der Waals surface area contributed by atoms with Gasteiger partial charge in [-0.05, 0) is 12.1 Å². The molecule has 0 spiro atoms.